The van der Waals surface area contributed by atoms with Gasteiger partial charge in [0.25, 0.3) is 5.91 Å². The predicted octanol–water partition coefficient (Wildman–Crippen LogP) is 2.95. The van der Waals surface area contributed by atoms with E-state index in [1.54, 1.807) is 64.8 Å². The van der Waals surface area contributed by atoms with Gasteiger partial charge in [0.1, 0.15) is 5.71 Å². The Hall–Kier alpha value is -2.32. The van der Waals surface area contributed by atoms with Gasteiger partial charge in [0.2, 0.25) is 5.91 Å². The second-order valence-corrected chi connectivity index (χ2v) is 7.13. The highest BCUT2D eigenvalue weighted by molar-refractivity contribution is 7.99. The third kappa shape index (κ3) is 7.21. The van der Waals surface area contributed by atoms with E-state index in [1.807, 2.05) is 6.26 Å². The molecule has 1 aliphatic rings. The first-order valence-corrected chi connectivity index (χ1v) is 10.8. The molecule has 0 radical (unpaired) electrons. The van der Waals surface area contributed by atoms with Crippen molar-refractivity contribution in [1.29, 1.82) is 0 Å². The Morgan fingerprint density at radius 1 is 1.28 bits per heavy atom. The van der Waals surface area contributed by atoms with Crippen LogP contribution in [0.5, 0.6) is 0 Å². The molecule has 1 aromatic rings. The molecule has 1 aromatic heterocycles. The third-order valence-corrected chi connectivity index (χ3v) is 4.97. The number of carbonyl (C=O) groups excluding carboxylic acids is 2. The van der Waals surface area contributed by atoms with Gasteiger partial charge >= 0.3 is 0 Å². The summed E-state index contributed by atoms with van der Waals surface area (Å²) in [7, 11) is 1.65. The summed E-state index contributed by atoms with van der Waals surface area (Å²) in [5.74, 6) is 0.720. The van der Waals surface area contributed by atoms with Crippen molar-refractivity contribution in [3.05, 3.63) is 36.1 Å². The van der Waals surface area contributed by atoms with Crippen LogP contribution < -0.4 is 0 Å². The van der Waals surface area contributed by atoms with Crippen LogP contribution >= 0.6 is 23.4 Å². The Kier molecular flexibility index (Phi) is 11.1. The summed E-state index contributed by atoms with van der Waals surface area (Å²) in [6.45, 7) is 11.3. The zero-order chi connectivity index (χ0) is 21.8. The molecule has 0 atom stereocenters. The maximum absolute atomic E-state index is 12.1. The van der Waals surface area contributed by atoms with E-state index in [0.29, 0.717) is 37.6 Å². The molecule has 1 saturated heterocycles. The maximum Gasteiger partial charge on any atom is 0.268 e. The minimum absolute atomic E-state index is 0.00468. The average Bonchev–Trinajstić information content (AvgIpc) is 3.14. The summed E-state index contributed by atoms with van der Waals surface area (Å²) in [4.78, 5) is 30.8. The summed E-state index contributed by atoms with van der Waals surface area (Å²) in [6, 6.07) is 0. The fourth-order valence-electron chi connectivity index (χ4n) is 2.70. The van der Waals surface area contributed by atoms with Crippen molar-refractivity contribution < 1.29 is 9.59 Å². The van der Waals surface area contributed by atoms with Crippen molar-refractivity contribution in [3.63, 3.8) is 0 Å². The molecule has 29 heavy (non-hydrogen) atoms. The second-order valence-electron chi connectivity index (χ2n) is 6.01. The zero-order valence-corrected chi connectivity index (χ0v) is 18.7. The van der Waals surface area contributed by atoms with Crippen LogP contribution in [-0.4, -0.2) is 82.3 Å². The predicted molar refractivity (Wildman–Crippen MR) is 124 cm³/mol. The number of rotatable bonds is 6. The minimum Gasteiger partial charge on any atom is -0.339 e. The average molecular weight is 438 g/mol. The van der Waals surface area contributed by atoms with Gasteiger partial charge < -0.3 is 9.80 Å². The highest BCUT2D eigenvalue weighted by Gasteiger charge is 2.24. The topological polar surface area (TPSA) is 70.8 Å². The molecule has 0 bridgehead atoms. The molecule has 2 rings (SSSR count). The Morgan fingerprint density at radius 3 is 2.34 bits per heavy atom. The van der Waals surface area contributed by atoms with Crippen LogP contribution in [0.3, 0.4) is 0 Å². The van der Waals surface area contributed by atoms with E-state index < -0.39 is 0 Å². The molecule has 1 fully saturated rings. The fourth-order valence-corrected chi connectivity index (χ4v) is 3.37. The lowest BCUT2D eigenvalue weighted by molar-refractivity contribution is -0.134. The van der Waals surface area contributed by atoms with Crippen LogP contribution in [0.4, 0.5) is 0 Å². The largest absolute Gasteiger partial charge is 0.339 e. The number of carbonyl (C=O) groups is 2. The second kappa shape index (κ2) is 13.0. The molecule has 1 aliphatic heterocycles. The lowest BCUT2D eigenvalue weighted by atomic mass is 10.2. The summed E-state index contributed by atoms with van der Waals surface area (Å²) in [5, 5.41) is 4.04. The quantitative estimate of drug-likeness (QED) is 0.641. The standard InChI is InChI=1S/C11H19N3O2S.C9H9ClN2/c1-9(15)13-4-6-14(7-5-13)11(16)10(12-2)8-17-3;1-3-9-8(5-6-10)7-11-12(9)4-2/h4-8H2,1-3H3;3-7H,1-2H2/b;6-5-. The minimum atomic E-state index is 0.00468. The number of thioether (sulfide) groups is 1. The molecule has 0 saturated carbocycles. The number of piperazine rings is 1. The Labute approximate surface area is 181 Å². The number of amides is 2. The molecule has 0 aromatic carbocycles. The molecule has 0 unspecified atom stereocenters. The van der Waals surface area contributed by atoms with E-state index in [2.05, 4.69) is 23.2 Å². The van der Waals surface area contributed by atoms with E-state index in [9.17, 15) is 9.59 Å². The summed E-state index contributed by atoms with van der Waals surface area (Å²) in [6.07, 6.45) is 8.73. The molecule has 0 aliphatic carbocycles. The maximum atomic E-state index is 12.1. The van der Waals surface area contributed by atoms with Gasteiger partial charge in [0.05, 0.1) is 11.9 Å². The van der Waals surface area contributed by atoms with Crippen molar-refractivity contribution in [2.75, 3.05) is 45.2 Å². The third-order valence-electron chi connectivity index (χ3n) is 4.28. The van der Waals surface area contributed by atoms with Gasteiger partial charge in [-0.2, -0.15) is 16.9 Å². The van der Waals surface area contributed by atoms with Crippen LogP contribution in [0.15, 0.2) is 29.9 Å². The summed E-state index contributed by atoms with van der Waals surface area (Å²) in [5.41, 5.74) is 3.87. The monoisotopic (exact) mass is 437 g/mol. The SMILES string of the molecule is C=Cc1c(/C=C\Cl)cnn1C=C.CN=C(CSC)C(=O)N1CCN(C(C)=O)CC1. The number of halogens is 1. The number of hydrogen-bond donors (Lipinski definition) is 0. The van der Waals surface area contributed by atoms with Crippen LogP contribution in [0.2, 0.25) is 0 Å². The van der Waals surface area contributed by atoms with Crippen molar-refractivity contribution in [2.45, 2.75) is 6.92 Å². The smallest absolute Gasteiger partial charge is 0.268 e. The summed E-state index contributed by atoms with van der Waals surface area (Å²) < 4.78 is 1.64. The Morgan fingerprint density at radius 2 is 1.90 bits per heavy atom. The molecule has 0 spiro atoms. The lowest BCUT2D eigenvalue weighted by Crippen LogP contribution is -2.52. The van der Waals surface area contributed by atoms with Crippen LogP contribution in [0.25, 0.3) is 18.4 Å². The molecule has 7 nitrogen and oxygen atoms in total. The van der Waals surface area contributed by atoms with E-state index in [4.69, 9.17) is 11.6 Å². The molecule has 2 heterocycles. The van der Waals surface area contributed by atoms with Gasteiger partial charge in [-0.05, 0) is 18.4 Å². The lowest BCUT2D eigenvalue weighted by Gasteiger charge is -2.34. The number of nitrogens with zero attached hydrogens (tertiary/aromatic N) is 5. The number of hydrogen-bond acceptors (Lipinski definition) is 5. The first-order valence-electron chi connectivity index (χ1n) is 9.02. The van der Waals surface area contributed by atoms with Gasteiger partial charge in [-0.15, -0.1) is 0 Å². The van der Waals surface area contributed by atoms with Gasteiger partial charge in [0, 0.05) is 63.2 Å². The Balaban J connectivity index is 0.000000308. The highest BCUT2D eigenvalue weighted by atomic mass is 35.5. The van der Waals surface area contributed by atoms with Crippen LogP contribution in [0, 0.1) is 0 Å². The highest BCUT2D eigenvalue weighted by Crippen LogP contribution is 2.12. The Bertz CT molecular complexity index is 780. The van der Waals surface area contributed by atoms with Gasteiger partial charge in [-0.1, -0.05) is 24.8 Å². The zero-order valence-electron chi connectivity index (χ0n) is 17.2. The molecule has 9 heteroatoms. The van der Waals surface area contributed by atoms with Crippen LogP contribution in [0.1, 0.15) is 18.2 Å². The molecule has 2 amide bonds. The fraction of sp³-hybridized carbons (Fsp3) is 0.400. The number of aliphatic imine (C=N–C) groups is 1. The van der Waals surface area contributed by atoms with Gasteiger partial charge in [0.15, 0.2) is 0 Å². The first kappa shape index (κ1) is 24.7. The van der Waals surface area contributed by atoms with E-state index in [1.165, 1.54) is 5.54 Å². The molecule has 0 N–H and O–H groups in total. The van der Waals surface area contributed by atoms with Crippen molar-refractivity contribution in [2.24, 2.45) is 4.99 Å². The van der Waals surface area contributed by atoms with Crippen molar-refractivity contribution >= 4 is 59.2 Å². The van der Waals surface area contributed by atoms with Gasteiger partial charge in [-0.25, -0.2) is 4.68 Å². The molecular weight excluding hydrogens is 410 g/mol. The number of aromatic nitrogens is 2. The van der Waals surface area contributed by atoms with Crippen molar-refractivity contribution in [1.82, 2.24) is 19.6 Å². The summed E-state index contributed by atoms with van der Waals surface area (Å²) >= 11 is 7.03. The van der Waals surface area contributed by atoms with E-state index >= 15 is 0 Å². The molecular formula is C20H28ClN5O2S. The normalized spacial score (nSPS) is 14.4. The van der Waals surface area contributed by atoms with E-state index in [-0.39, 0.29) is 11.8 Å². The van der Waals surface area contributed by atoms with Crippen LogP contribution in [-0.2, 0) is 9.59 Å². The van der Waals surface area contributed by atoms with E-state index in [0.717, 1.165) is 11.3 Å². The van der Waals surface area contributed by atoms with Gasteiger partial charge in [-0.3, -0.25) is 14.6 Å². The first-order chi connectivity index (χ1) is 13.9. The molecule has 158 valence electrons. The van der Waals surface area contributed by atoms with Crippen molar-refractivity contribution in [3.8, 4) is 0 Å².